The number of hydrogen-bond acceptors (Lipinski definition) is 5. The van der Waals surface area contributed by atoms with Gasteiger partial charge in [0.25, 0.3) is 0 Å². The Morgan fingerprint density at radius 3 is 2.45 bits per heavy atom. The summed E-state index contributed by atoms with van der Waals surface area (Å²) in [7, 11) is 6.67. The van der Waals surface area contributed by atoms with Gasteiger partial charge in [0.15, 0.2) is 11.5 Å². The second-order valence-electron chi connectivity index (χ2n) is 4.94. The minimum absolute atomic E-state index is 0.448. The van der Waals surface area contributed by atoms with Crippen LogP contribution in [-0.4, -0.2) is 41.6 Å². The largest absolute Gasteiger partial charge is 0.493 e. The van der Waals surface area contributed by atoms with E-state index < -0.39 is 0 Å². The number of benzene rings is 1. The lowest BCUT2D eigenvalue weighted by atomic mass is 9.96. The van der Waals surface area contributed by atoms with E-state index in [4.69, 9.17) is 18.9 Å². The molecule has 20 heavy (non-hydrogen) atoms. The van der Waals surface area contributed by atoms with E-state index in [1.165, 1.54) is 5.56 Å². The van der Waals surface area contributed by atoms with Gasteiger partial charge in [-0.2, -0.15) is 0 Å². The van der Waals surface area contributed by atoms with Crippen molar-refractivity contribution >= 4 is 0 Å². The minimum Gasteiger partial charge on any atom is -0.493 e. The Morgan fingerprint density at radius 2 is 1.85 bits per heavy atom. The van der Waals surface area contributed by atoms with Gasteiger partial charge >= 0.3 is 0 Å². The van der Waals surface area contributed by atoms with E-state index in [-0.39, 0.29) is 0 Å². The average Bonchev–Trinajstić information content (AvgIpc) is 2.67. The van der Waals surface area contributed by atoms with Crippen LogP contribution in [0.2, 0.25) is 0 Å². The first kappa shape index (κ1) is 14.9. The highest BCUT2D eigenvalue weighted by molar-refractivity contribution is 5.59. The summed E-state index contributed by atoms with van der Waals surface area (Å²) >= 11 is 0. The molecule has 1 aromatic carbocycles. The molecule has 0 saturated heterocycles. The first-order chi connectivity index (χ1) is 9.74. The molecule has 1 aromatic rings. The van der Waals surface area contributed by atoms with Crippen molar-refractivity contribution in [1.29, 1.82) is 0 Å². The Balaban J connectivity index is 2.46. The number of ether oxygens (including phenoxy) is 4. The Labute approximate surface area is 120 Å². The SMILES string of the molecule is COC[C@H]1CNCc2c(cc(OC)c(OC)c2OC)C1. The van der Waals surface area contributed by atoms with Crippen LogP contribution in [0.1, 0.15) is 11.1 Å². The molecular weight excluding hydrogens is 258 g/mol. The molecule has 0 unspecified atom stereocenters. The molecule has 0 saturated carbocycles. The monoisotopic (exact) mass is 281 g/mol. The van der Waals surface area contributed by atoms with Crippen LogP contribution >= 0.6 is 0 Å². The zero-order valence-electron chi connectivity index (χ0n) is 12.6. The predicted molar refractivity (Wildman–Crippen MR) is 76.9 cm³/mol. The molecule has 1 heterocycles. The van der Waals surface area contributed by atoms with Crippen molar-refractivity contribution < 1.29 is 18.9 Å². The van der Waals surface area contributed by atoms with E-state index in [1.54, 1.807) is 28.4 Å². The summed E-state index contributed by atoms with van der Waals surface area (Å²) in [6.45, 7) is 2.43. The van der Waals surface area contributed by atoms with Crippen molar-refractivity contribution in [3.05, 3.63) is 17.2 Å². The van der Waals surface area contributed by atoms with Crippen molar-refractivity contribution in [2.75, 3.05) is 41.6 Å². The van der Waals surface area contributed by atoms with Gasteiger partial charge in [-0.05, 0) is 24.0 Å². The lowest BCUT2D eigenvalue weighted by molar-refractivity contribution is 0.152. The molecule has 1 aliphatic heterocycles. The molecule has 1 atom stereocenters. The number of fused-ring (bicyclic) bond motifs is 1. The molecule has 112 valence electrons. The van der Waals surface area contributed by atoms with Crippen LogP contribution in [0.3, 0.4) is 0 Å². The summed E-state index contributed by atoms with van der Waals surface area (Å²) in [5, 5.41) is 3.45. The second-order valence-corrected chi connectivity index (χ2v) is 4.94. The first-order valence-corrected chi connectivity index (χ1v) is 6.75. The molecule has 0 aromatic heterocycles. The van der Waals surface area contributed by atoms with Crippen LogP contribution in [0.5, 0.6) is 17.2 Å². The number of rotatable bonds is 5. The lowest BCUT2D eigenvalue weighted by Gasteiger charge is -2.19. The summed E-state index contributed by atoms with van der Waals surface area (Å²) in [6.07, 6.45) is 0.937. The van der Waals surface area contributed by atoms with E-state index in [0.717, 1.165) is 37.4 Å². The Bertz CT molecular complexity index is 462. The molecule has 5 heteroatoms. The zero-order valence-corrected chi connectivity index (χ0v) is 12.6. The number of hydrogen-bond donors (Lipinski definition) is 1. The third-order valence-corrected chi connectivity index (χ3v) is 3.67. The van der Waals surface area contributed by atoms with E-state index in [9.17, 15) is 0 Å². The Hall–Kier alpha value is -1.46. The fourth-order valence-electron chi connectivity index (χ4n) is 2.78. The van der Waals surface area contributed by atoms with Crippen molar-refractivity contribution in [1.82, 2.24) is 5.32 Å². The van der Waals surface area contributed by atoms with Gasteiger partial charge in [-0.3, -0.25) is 0 Å². The van der Waals surface area contributed by atoms with E-state index in [0.29, 0.717) is 17.4 Å². The standard InChI is InChI=1S/C15H23NO4/c1-17-9-10-5-11-6-13(18-2)15(20-4)14(19-3)12(11)8-16-7-10/h6,10,16H,5,7-9H2,1-4H3/t10-/m1/s1. The van der Waals surface area contributed by atoms with Gasteiger partial charge in [-0.1, -0.05) is 0 Å². The summed E-state index contributed by atoms with van der Waals surface area (Å²) in [6, 6.07) is 2.05. The number of nitrogens with one attached hydrogen (secondary N) is 1. The van der Waals surface area contributed by atoms with Crippen molar-refractivity contribution in [2.45, 2.75) is 13.0 Å². The number of methoxy groups -OCH3 is 4. The highest BCUT2D eigenvalue weighted by Gasteiger charge is 2.24. The second kappa shape index (κ2) is 6.81. The average molecular weight is 281 g/mol. The Kier molecular flexibility index (Phi) is 5.09. The molecule has 2 rings (SSSR count). The summed E-state index contributed by atoms with van der Waals surface area (Å²) in [4.78, 5) is 0. The molecule has 1 N–H and O–H groups in total. The fraction of sp³-hybridized carbons (Fsp3) is 0.600. The van der Waals surface area contributed by atoms with Crippen molar-refractivity contribution in [2.24, 2.45) is 5.92 Å². The third kappa shape index (κ3) is 2.83. The van der Waals surface area contributed by atoms with Gasteiger partial charge in [0.1, 0.15) is 0 Å². The molecule has 0 bridgehead atoms. The zero-order chi connectivity index (χ0) is 14.5. The summed E-state index contributed by atoms with van der Waals surface area (Å²) in [5.41, 5.74) is 2.37. The molecule has 0 spiro atoms. The summed E-state index contributed by atoms with van der Waals surface area (Å²) in [5.74, 6) is 2.57. The van der Waals surface area contributed by atoms with Gasteiger partial charge in [0.05, 0.1) is 27.9 Å². The molecule has 0 aliphatic carbocycles. The van der Waals surface area contributed by atoms with Gasteiger partial charge in [-0.25, -0.2) is 0 Å². The van der Waals surface area contributed by atoms with Gasteiger partial charge in [0, 0.05) is 25.8 Å². The third-order valence-electron chi connectivity index (χ3n) is 3.67. The van der Waals surface area contributed by atoms with Crippen LogP contribution in [0.15, 0.2) is 6.07 Å². The summed E-state index contributed by atoms with van der Waals surface area (Å²) < 4.78 is 21.7. The highest BCUT2D eigenvalue weighted by atomic mass is 16.5. The van der Waals surface area contributed by atoms with Gasteiger partial charge in [-0.15, -0.1) is 0 Å². The minimum atomic E-state index is 0.448. The maximum atomic E-state index is 5.55. The molecule has 1 aliphatic rings. The fourth-order valence-corrected chi connectivity index (χ4v) is 2.78. The molecule has 0 amide bonds. The maximum Gasteiger partial charge on any atom is 0.203 e. The normalized spacial score (nSPS) is 18.1. The van der Waals surface area contributed by atoms with Crippen molar-refractivity contribution in [3.63, 3.8) is 0 Å². The Morgan fingerprint density at radius 1 is 1.10 bits per heavy atom. The quantitative estimate of drug-likeness (QED) is 0.889. The molecular formula is C15H23NO4. The van der Waals surface area contributed by atoms with Gasteiger partial charge in [0.2, 0.25) is 5.75 Å². The van der Waals surface area contributed by atoms with Crippen LogP contribution in [-0.2, 0) is 17.7 Å². The predicted octanol–water partition coefficient (Wildman–Crippen LogP) is 1.62. The van der Waals surface area contributed by atoms with Crippen LogP contribution < -0.4 is 19.5 Å². The van der Waals surface area contributed by atoms with E-state index in [2.05, 4.69) is 5.32 Å². The maximum absolute atomic E-state index is 5.55. The van der Waals surface area contributed by atoms with Gasteiger partial charge < -0.3 is 24.3 Å². The highest BCUT2D eigenvalue weighted by Crippen LogP contribution is 2.43. The van der Waals surface area contributed by atoms with Crippen molar-refractivity contribution in [3.8, 4) is 17.2 Å². The van der Waals surface area contributed by atoms with E-state index in [1.807, 2.05) is 6.07 Å². The smallest absolute Gasteiger partial charge is 0.203 e. The molecule has 5 nitrogen and oxygen atoms in total. The topological polar surface area (TPSA) is 49.0 Å². The lowest BCUT2D eigenvalue weighted by Crippen LogP contribution is -2.23. The molecule has 0 fully saturated rings. The van der Waals surface area contributed by atoms with E-state index >= 15 is 0 Å². The van der Waals surface area contributed by atoms with Crippen LogP contribution in [0.25, 0.3) is 0 Å². The molecule has 0 radical (unpaired) electrons. The van der Waals surface area contributed by atoms with Crippen LogP contribution in [0, 0.1) is 5.92 Å². The van der Waals surface area contributed by atoms with Crippen LogP contribution in [0.4, 0.5) is 0 Å². The first-order valence-electron chi connectivity index (χ1n) is 6.75.